The van der Waals surface area contributed by atoms with Crippen LogP contribution in [-0.4, -0.2) is 54.8 Å². The van der Waals surface area contributed by atoms with Crippen molar-refractivity contribution in [2.24, 2.45) is 5.92 Å². The summed E-state index contributed by atoms with van der Waals surface area (Å²) in [7, 11) is 1.77. The number of para-hydroxylation sites is 1. The molecule has 0 spiro atoms. The maximum atomic E-state index is 12.2. The van der Waals surface area contributed by atoms with Gasteiger partial charge in [0.2, 0.25) is 11.8 Å². The number of rotatable bonds is 5. The van der Waals surface area contributed by atoms with Crippen molar-refractivity contribution in [1.29, 1.82) is 0 Å². The van der Waals surface area contributed by atoms with Gasteiger partial charge in [0.1, 0.15) is 0 Å². The lowest BCUT2D eigenvalue weighted by Crippen LogP contribution is -2.44. The van der Waals surface area contributed by atoms with Gasteiger partial charge in [-0.25, -0.2) is 0 Å². The summed E-state index contributed by atoms with van der Waals surface area (Å²) in [5.41, 5.74) is 0.587. The van der Waals surface area contributed by atoms with Gasteiger partial charge in [-0.3, -0.25) is 14.5 Å². The minimum Gasteiger partial charge on any atom is -0.342 e. The molecule has 0 unspecified atom stereocenters. The Hall–Kier alpha value is -1.59. The van der Waals surface area contributed by atoms with Crippen molar-refractivity contribution in [1.82, 2.24) is 9.80 Å². The van der Waals surface area contributed by atoms with Crippen molar-refractivity contribution in [2.45, 2.75) is 19.8 Å². The Kier molecular flexibility index (Phi) is 6.42. The highest BCUT2D eigenvalue weighted by Gasteiger charge is 2.21. The van der Waals surface area contributed by atoms with Crippen LogP contribution in [0.5, 0.6) is 0 Å². The quantitative estimate of drug-likeness (QED) is 0.898. The summed E-state index contributed by atoms with van der Waals surface area (Å²) in [5, 5.41) is 3.26. The van der Waals surface area contributed by atoms with E-state index in [1.54, 1.807) is 24.1 Å². The van der Waals surface area contributed by atoms with E-state index < -0.39 is 0 Å². The molecular formula is C17H24ClN3O2. The van der Waals surface area contributed by atoms with E-state index in [0.29, 0.717) is 16.6 Å². The number of carbonyl (C=O) groups excluding carboxylic acids is 2. The van der Waals surface area contributed by atoms with Crippen LogP contribution in [0.4, 0.5) is 5.69 Å². The van der Waals surface area contributed by atoms with Gasteiger partial charge in [-0.2, -0.15) is 0 Å². The van der Waals surface area contributed by atoms with Crippen molar-refractivity contribution in [3.63, 3.8) is 0 Å². The number of likely N-dealkylation sites (tertiary alicyclic amines) is 1. The van der Waals surface area contributed by atoms with Gasteiger partial charge in [-0.05, 0) is 37.9 Å². The van der Waals surface area contributed by atoms with Crippen LogP contribution < -0.4 is 5.32 Å². The smallest absolute Gasteiger partial charge is 0.238 e. The molecule has 0 bridgehead atoms. The van der Waals surface area contributed by atoms with Crippen molar-refractivity contribution in [3.05, 3.63) is 29.3 Å². The predicted octanol–water partition coefficient (Wildman–Crippen LogP) is 2.47. The van der Waals surface area contributed by atoms with Crippen molar-refractivity contribution in [3.8, 4) is 0 Å². The molecule has 0 aliphatic carbocycles. The molecule has 1 heterocycles. The van der Waals surface area contributed by atoms with Crippen molar-refractivity contribution < 1.29 is 9.59 Å². The number of benzene rings is 1. The van der Waals surface area contributed by atoms with Gasteiger partial charge in [-0.1, -0.05) is 30.7 Å². The number of carbonyl (C=O) groups is 2. The zero-order chi connectivity index (χ0) is 16.8. The number of halogens is 1. The fourth-order valence-corrected chi connectivity index (χ4v) is 2.83. The molecule has 126 valence electrons. The number of hydrogen-bond donors (Lipinski definition) is 1. The van der Waals surface area contributed by atoms with E-state index in [1.807, 2.05) is 17.0 Å². The van der Waals surface area contributed by atoms with Crippen LogP contribution in [0.3, 0.4) is 0 Å². The summed E-state index contributed by atoms with van der Waals surface area (Å²) in [6.07, 6.45) is 2.12. The molecule has 2 amide bonds. The zero-order valence-electron chi connectivity index (χ0n) is 13.7. The first-order valence-corrected chi connectivity index (χ1v) is 8.34. The Morgan fingerprint density at radius 1 is 1.26 bits per heavy atom. The number of hydrogen-bond acceptors (Lipinski definition) is 3. The summed E-state index contributed by atoms with van der Waals surface area (Å²) in [4.78, 5) is 27.9. The number of nitrogens with zero attached hydrogens (tertiary/aromatic N) is 2. The number of piperidine rings is 1. The van der Waals surface area contributed by atoms with E-state index in [-0.39, 0.29) is 24.9 Å². The predicted molar refractivity (Wildman–Crippen MR) is 92.6 cm³/mol. The van der Waals surface area contributed by atoms with Gasteiger partial charge in [0.25, 0.3) is 0 Å². The lowest BCUT2D eigenvalue weighted by molar-refractivity contribution is -0.133. The van der Waals surface area contributed by atoms with Crippen LogP contribution in [0, 0.1) is 5.92 Å². The molecule has 1 fully saturated rings. The van der Waals surface area contributed by atoms with Gasteiger partial charge < -0.3 is 10.2 Å². The second-order valence-corrected chi connectivity index (χ2v) is 6.67. The Bertz CT molecular complexity index is 557. The maximum absolute atomic E-state index is 12.2. The minimum atomic E-state index is -0.180. The average Bonchev–Trinajstić information content (AvgIpc) is 2.50. The monoisotopic (exact) mass is 337 g/mol. The Labute approximate surface area is 142 Å². The molecule has 2 rings (SSSR count). The van der Waals surface area contributed by atoms with Crippen LogP contribution in [0.1, 0.15) is 19.8 Å². The molecule has 1 aliphatic rings. The van der Waals surface area contributed by atoms with Crippen molar-refractivity contribution >= 4 is 29.1 Å². The van der Waals surface area contributed by atoms with Crippen molar-refractivity contribution in [2.75, 3.05) is 38.5 Å². The van der Waals surface area contributed by atoms with Gasteiger partial charge in [0.05, 0.1) is 23.8 Å². The summed E-state index contributed by atoms with van der Waals surface area (Å²) in [6, 6.07) is 7.09. The summed E-state index contributed by atoms with van der Waals surface area (Å²) >= 11 is 6.01. The molecule has 1 aromatic carbocycles. The third-order valence-electron chi connectivity index (χ3n) is 4.10. The number of nitrogens with one attached hydrogen (secondary N) is 1. The highest BCUT2D eigenvalue weighted by molar-refractivity contribution is 6.33. The standard InChI is InChI=1S/C17H24ClN3O2/c1-13-7-9-21(10-8-13)17(23)12-20(2)11-16(22)19-15-6-4-3-5-14(15)18/h3-6,13H,7-12H2,1-2H3,(H,19,22). The maximum Gasteiger partial charge on any atom is 0.238 e. The van der Waals surface area contributed by atoms with E-state index in [0.717, 1.165) is 25.9 Å². The molecule has 0 atom stereocenters. The van der Waals surface area contributed by atoms with Gasteiger partial charge in [0, 0.05) is 13.1 Å². The number of likely N-dealkylation sites (N-methyl/N-ethyl adjacent to an activating group) is 1. The molecule has 6 heteroatoms. The summed E-state index contributed by atoms with van der Waals surface area (Å²) in [5.74, 6) is 0.601. The molecular weight excluding hydrogens is 314 g/mol. The normalized spacial score (nSPS) is 15.7. The molecule has 0 aromatic heterocycles. The lowest BCUT2D eigenvalue weighted by Gasteiger charge is -2.31. The molecule has 1 saturated heterocycles. The van der Waals surface area contributed by atoms with Crippen LogP contribution in [0.15, 0.2) is 24.3 Å². The van der Waals surface area contributed by atoms with Gasteiger partial charge in [-0.15, -0.1) is 0 Å². The second kappa shape index (κ2) is 8.31. The largest absolute Gasteiger partial charge is 0.342 e. The fraction of sp³-hybridized carbons (Fsp3) is 0.529. The SMILES string of the molecule is CC1CCN(C(=O)CN(C)CC(=O)Nc2ccccc2Cl)CC1. The van der Waals surface area contributed by atoms with Crippen LogP contribution >= 0.6 is 11.6 Å². The Balaban J connectivity index is 1.77. The Morgan fingerprint density at radius 3 is 2.57 bits per heavy atom. The van der Waals surface area contributed by atoms with Crippen LogP contribution in [0.25, 0.3) is 0 Å². The van der Waals surface area contributed by atoms with Crippen LogP contribution in [0.2, 0.25) is 5.02 Å². The highest BCUT2D eigenvalue weighted by atomic mass is 35.5. The topological polar surface area (TPSA) is 52.7 Å². The highest BCUT2D eigenvalue weighted by Crippen LogP contribution is 2.20. The molecule has 23 heavy (non-hydrogen) atoms. The second-order valence-electron chi connectivity index (χ2n) is 6.26. The Morgan fingerprint density at radius 2 is 1.91 bits per heavy atom. The molecule has 0 saturated carbocycles. The van der Waals surface area contributed by atoms with Crippen LogP contribution in [-0.2, 0) is 9.59 Å². The molecule has 1 aromatic rings. The van der Waals surface area contributed by atoms with E-state index in [9.17, 15) is 9.59 Å². The molecule has 1 N–H and O–H groups in total. The number of anilines is 1. The van der Waals surface area contributed by atoms with Gasteiger partial charge >= 0.3 is 0 Å². The summed E-state index contributed by atoms with van der Waals surface area (Å²) in [6.45, 7) is 4.26. The summed E-state index contributed by atoms with van der Waals surface area (Å²) < 4.78 is 0. The third-order valence-corrected chi connectivity index (χ3v) is 4.43. The average molecular weight is 338 g/mol. The van der Waals surface area contributed by atoms with E-state index in [1.165, 1.54) is 0 Å². The third kappa shape index (κ3) is 5.52. The minimum absolute atomic E-state index is 0.0879. The zero-order valence-corrected chi connectivity index (χ0v) is 14.5. The molecule has 1 aliphatic heterocycles. The van der Waals surface area contributed by atoms with E-state index in [4.69, 9.17) is 11.6 Å². The molecule has 5 nitrogen and oxygen atoms in total. The first kappa shape index (κ1) is 17.8. The van der Waals surface area contributed by atoms with E-state index >= 15 is 0 Å². The fourth-order valence-electron chi connectivity index (χ4n) is 2.64. The van der Waals surface area contributed by atoms with E-state index in [2.05, 4.69) is 12.2 Å². The first-order chi connectivity index (χ1) is 11.0. The first-order valence-electron chi connectivity index (χ1n) is 7.96. The molecule has 0 radical (unpaired) electrons. The lowest BCUT2D eigenvalue weighted by atomic mass is 9.99. The number of amides is 2. The van der Waals surface area contributed by atoms with Gasteiger partial charge in [0.15, 0.2) is 0 Å².